The molecule has 0 amide bonds. The summed E-state index contributed by atoms with van der Waals surface area (Å²) in [6.07, 6.45) is 1.65. The van der Waals surface area contributed by atoms with E-state index in [9.17, 15) is 0 Å². The number of rotatable bonds is 3. The van der Waals surface area contributed by atoms with E-state index in [0.29, 0.717) is 11.4 Å². The highest BCUT2D eigenvalue weighted by Gasteiger charge is 2.15. The minimum absolute atomic E-state index is 0.0697. The number of pyridine rings is 1. The zero-order valence-corrected chi connectivity index (χ0v) is 12.7. The highest BCUT2D eigenvalue weighted by Crippen LogP contribution is 2.29. The maximum Gasteiger partial charge on any atom is 0.156 e. The van der Waals surface area contributed by atoms with Crippen LogP contribution in [0.4, 0.5) is 0 Å². The first-order chi connectivity index (χ1) is 9.38. The van der Waals surface area contributed by atoms with Crippen LogP contribution in [0.25, 0.3) is 0 Å². The predicted molar refractivity (Wildman–Crippen MR) is 85.3 cm³/mol. The Morgan fingerprint density at radius 2 is 1.95 bits per heavy atom. The van der Waals surface area contributed by atoms with Crippen LogP contribution in [0.5, 0.6) is 11.5 Å². The summed E-state index contributed by atoms with van der Waals surface area (Å²) in [5.41, 5.74) is 7.43. The molecule has 0 unspecified atom stereocenters. The highest BCUT2D eigenvalue weighted by atomic mass is 32.1. The van der Waals surface area contributed by atoms with Crippen molar-refractivity contribution in [1.29, 1.82) is 0 Å². The number of hydrogen-bond acceptors (Lipinski definition) is 3. The molecule has 1 aromatic carbocycles. The molecule has 104 valence electrons. The summed E-state index contributed by atoms with van der Waals surface area (Å²) in [7, 11) is 0. The summed E-state index contributed by atoms with van der Waals surface area (Å²) in [5.74, 6) is 1.33. The molecule has 0 saturated heterocycles. The molecule has 0 atom stereocenters. The molecule has 0 radical (unpaired) electrons. The zero-order valence-electron chi connectivity index (χ0n) is 11.9. The topological polar surface area (TPSA) is 48.1 Å². The fourth-order valence-corrected chi connectivity index (χ4v) is 1.96. The van der Waals surface area contributed by atoms with Crippen LogP contribution < -0.4 is 10.5 Å². The monoisotopic (exact) mass is 286 g/mol. The second-order valence-corrected chi connectivity index (χ2v) is 6.03. The van der Waals surface area contributed by atoms with Gasteiger partial charge in [-0.1, -0.05) is 45.1 Å². The van der Waals surface area contributed by atoms with E-state index in [-0.39, 0.29) is 10.4 Å². The molecule has 1 heterocycles. The van der Waals surface area contributed by atoms with E-state index < -0.39 is 0 Å². The largest absolute Gasteiger partial charge is 0.455 e. The lowest BCUT2D eigenvalue weighted by Crippen LogP contribution is -2.13. The van der Waals surface area contributed by atoms with Crippen molar-refractivity contribution in [1.82, 2.24) is 4.98 Å². The molecular weight excluding hydrogens is 268 g/mol. The standard InChI is InChI=1S/C16H18N2OS/c1-16(2,3)11-6-4-7-12(10-11)19-13-8-5-9-18-14(13)15(17)20/h4-10H,1-3H3,(H2,17,20). The van der Waals surface area contributed by atoms with Gasteiger partial charge in [0.25, 0.3) is 0 Å². The normalized spacial score (nSPS) is 11.2. The predicted octanol–water partition coefficient (Wildman–Crippen LogP) is 3.81. The van der Waals surface area contributed by atoms with Gasteiger partial charge in [-0.25, -0.2) is 4.98 Å². The molecule has 1 aromatic heterocycles. The van der Waals surface area contributed by atoms with Gasteiger partial charge < -0.3 is 10.5 Å². The maximum atomic E-state index is 5.88. The molecule has 0 spiro atoms. The number of thiocarbonyl (C=S) groups is 1. The third-order valence-corrected chi connectivity index (χ3v) is 3.13. The fraction of sp³-hybridized carbons (Fsp3) is 0.250. The van der Waals surface area contributed by atoms with Crippen LogP contribution >= 0.6 is 12.2 Å². The van der Waals surface area contributed by atoms with Crippen LogP contribution in [0.1, 0.15) is 32.0 Å². The molecule has 20 heavy (non-hydrogen) atoms. The Morgan fingerprint density at radius 3 is 2.60 bits per heavy atom. The Hall–Kier alpha value is -1.94. The fourth-order valence-electron chi connectivity index (χ4n) is 1.81. The smallest absolute Gasteiger partial charge is 0.156 e. The summed E-state index contributed by atoms with van der Waals surface area (Å²) < 4.78 is 5.88. The van der Waals surface area contributed by atoms with Crippen molar-refractivity contribution in [3.8, 4) is 11.5 Å². The Kier molecular flexibility index (Phi) is 4.04. The lowest BCUT2D eigenvalue weighted by molar-refractivity contribution is 0.475. The molecule has 4 heteroatoms. The van der Waals surface area contributed by atoms with E-state index in [2.05, 4.69) is 31.8 Å². The third-order valence-electron chi connectivity index (χ3n) is 2.93. The van der Waals surface area contributed by atoms with Gasteiger partial charge in [-0.05, 0) is 35.2 Å². The van der Waals surface area contributed by atoms with Crippen molar-refractivity contribution in [2.75, 3.05) is 0 Å². The zero-order chi connectivity index (χ0) is 14.8. The Balaban J connectivity index is 2.34. The second-order valence-electron chi connectivity index (χ2n) is 5.59. The van der Waals surface area contributed by atoms with Gasteiger partial charge in [-0.3, -0.25) is 0 Å². The van der Waals surface area contributed by atoms with E-state index in [0.717, 1.165) is 5.75 Å². The van der Waals surface area contributed by atoms with E-state index in [1.165, 1.54) is 5.56 Å². The Bertz CT molecular complexity index is 632. The molecule has 0 aliphatic carbocycles. The van der Waals surface area contributed by atoms with Crippen LogP contribution in [0, 0.1) is 0 Å². The molecule has 2 rings (SSSR count). The van der Waals surface area contributed by atoms with Crippen LogP contribution in [0.2, 0.25) is 0 Å². The summed E-state index contributed by atoms with van der Waals surface area (Å²) in [6, 6.07) is 11.6. The van der Waals surface area contributed by atoms with Gasteiger partial charge in [-0.15, -0.1) is 0 Å². The van der Waals surface area contributed by atoms with Crippen molar-refractivity contribution >= 4 is 17.2 Å². The van der Waals surface area contributed by atoms with Crippen molar-refractivity contribution in [2.24, 2.45) is 5.73 Å². The lowest BCUT2D eigenvalue weighted by Gasteiger charge is -2.20. The van der Waals surface area contributed by atoms with Crippen LogP contribution in [-0.4, -0.2) is 9.97 Å². The van der Waals surface area contributed by atoms with Crippen LogP contribution in [-0.2, 0) is 5.41 Å². The van der Waals surface area contributed by atoms with E-state index in [1.54, 1.807) is 12.3 Å². The average Bonchev–Trinajstić information content (AvgIpc) is 2.38. The van der Waals surface area contributed by atoms with Gasteiger partial charge in [0.1, 0.15) is 16.4 Å². The quantitative estimate of drug-likeness (QED) is 0.872. The molecule has 0 aliphatic rings. The summed E-state index contributed by atoms with van der Waals surface area (Å²) in [5, 5.41) is 0. The second kappa shape index (κ2) is 5.59. The van der Waals surface area contributed by atoms with Crippen LogP contribution in [0.3, 0.4) is 0 Å². The Morgan fingerprint density at radius 1 is 1.20 bits per heavy atom. The molecule has 0 fully saturated rings. The molecule has 0 aliphatic heterocycles. The molecule has 3 nitrogen and oxygen atoms in total. The maximum absolute atomic E-state index is 5.88. The highest BCUT2D eigenvalue weighted by molar-refractivity contribution is 7.80. The first-order valence-corrected chi connectivity index (χ1v) is 6.82. The summed E-state index contributed by atoms with van der Waals surface area (Å²) in [6.45, 7) is 6.49. The first-order valence-electron chi connectivity index (χ1n) is 6.41. The van der Waals surface area contributed by atoms with Gasteiger partial charge in [0, 0.05) is 6.20 Å². The average molecular weight is 286 g/mol. The van der Waals surface area contributed by atoms with Gasteiger partial charge in [0.2, 0.25) is 0 Å². The number of hydrogen-bond donors (Lipinski definition) is 1. The minimum atomic E-state index is 0.0697. The SMILES string of the molecule is CC(C)(C)c1cccc(Oc2cccnc2C(N)=S)c1. The molecule has 2 aromatic rings. The van der Waals surface area contributed by atoms with E-state index in [4.69, 9.17) is 22.7 Å². The number of aromatic nitrogens is 1. The van der Waals surface area contributed by atoms with Gasteiger partial charge in [-0.2, -0.15) is 0 Å². The summed E-state index contributed by atoms with van der Waals surface area (Å²) in [4.78, 5) is 4.38. The molecular formula is C16H18N2OS. The summed E-state index contributed by atoms with van der Waals surface area (Å²) >= 11 is 4.99. The van der Waals surface area contributed by atoms with Crippen molar-refractivity contribution in [3.63, 3.8) is 0 Å². The van der Waals surface area contributed by atoms with Crippen molar-refractivity contribution < 1.29 is 4.74 Å². The Labute approximate surface area is 124 Å². The van der Waals surface area contributed by atoms with Crippen molar-refractivity contribution in [3.05, 3.63) is 53.9 Å². The van der Waals surface area contributed by atoms with Gasteiger partial charge in [0.05, 0.1) is 0 Å². The van der Waals surface area contributed by atoms with Crippen molar-refractivity contribution in [2.45, 2.75) is 26.2 Å². The van der Waals surface area contributed by atoms with E-state index >= 15 is 0 Å². The number of nitrogens with two attached hydrogens (primary N) is 1. The number of nitrogens with zero attached hydrogens (tertiary/aromatic N) is 1. The molecule has 0 bridgehead atoms. The lowest BCUT2D eigenvalue weighted by atomic mass is 9.87. The van der Waals surface area contributed by atoms with E-state index in [1.807, 2.05) is 24.3 Å². The number of benzene rings is 1. The minimum Gasteiger partial charge on any atom is -0.455 e. The first kappa shape index (κ1) is 14.5. The van der Waals surface area contributed by atoms with Crippen LogP contribution in [0.15, 0.2) is 42.6 Å². The molecule has 2 N–H and O–H groups in total. The van der Waals surface area contributed by atoms with Gasteiger partial charge >= 0.3 is 0 Å². The van der Waals surface area contributed by atoms with Gasteiger partial charge in [0.15, 0.2) is 5.75 Å². The third kappa shape index (κ3) is 3.33. The number of ether oxygens (including phenoxy) is 1. The molecule has 0 saturated carbocycles.